The van der Waals surface area contributed by atoms with Gasteiger partial charge in [0.15, 0.2) is 0 Å². The molecule has 0 saturated carbocycles. The standard InChI is InChI=1S/C66H51N5/c1-8-22-50(23-9-1)67(51-24-10-2-11-25-51)57-36-40-59(41-37-57)69(54-30-16-5-17-31-54)61-44-46-65-63(48-61)64-49-62(45-47-66(64)71(65)56-34-20-7-21-35-56)70(55-32-18-6-19-33-55)60-42-38-58(39-43-60)68(52-26-12-3-13-27-52)53-28-14-4-15-29-53/h1-28,30-49,53H,29H2. The smallest absolute Gasteiger partial charge is 0.0559 e. The van der Waals surface area contributed by atoms with Crippen LogP contribution in [-0.2, 0) is 0 Å². The van der Waals surface area contributed by atoms with Crippen LogP contribution in [-0.4, -0.2) is 10.6 Å². The lowest BCUT2D eigenvalue weighted by atomic mass is 10.0. The molecule has 0 fully saturated rings. The van der Waals surface area contributed by atoms with Gasteiger partial charge in [-0.3, -0.25) is 0 Å². The van der Waals surface area contributed by atoms with E-state index in [-0.39, 0.29) is 6.04 Å². The van der Waals surface area contributed by atoms with Crippen molar-refractivity contribution in [2.24, 2.45) is 0 Å². The molecule has 11 aromatic rings. The summed E-state index contributed by atoms with van der Waals surface area (Å²) in [4.78, 5) is 9.49. The second-order valence-electron chi connectivity index (χ2n) is 17.8. The van der Waals surface area contributed by atoms with Crippen LogP contribution < -0.4 is 19.6 Å². The van der Waals surface area contributed by atoms with Crippen molar-refractivity contribution >= 4 is 84.4 Å². The number of hydrogen-bond donors (Lipinski definition) is 0. The number of allylic oxidation sites excluding steroid dienone is 2. The van der Waals surface area contributed by atoms with E-state index in [1.807, 2.05) is 0 Å². The van der Waals surface area contributed by atoms with E-state index < -0.39 is 0 Å². The molecule has 340 valence electrons. The molecule has 10 aromatic carbocycles. The molecular weight excluding hydrogens is 863 g/mol. The molecule has 1 atom stereocenters. The maximum Gasteiger partial charge on any atom is 0.0559 e. The average molecular weight is 914 g/mol. The van der Waals surface area contributed by atoms with Gasteiger partial charge in [-0.2, -0.15) is 0 Å². The van der Waals surface area contributed by atoms with Crippen LogP contribution >= 0.6 is 0 Å². The van der Waals surface area contributed by atoms with E-state index in [0.29, 0.717) is 0 Å². The van der Waals surface area contributed by atoms with Gasteiger partial charge in [0, 0.05) is 79.0 Å². The van der Waals surface area contributed by atoms with Crippen molar-refractivity contribution in [2.45, 2.75) is 12.5 Å². The maximum atomic E-state index is 2.44. The van der Waals surface area contributed by atoms with Gasteiger partial charge < -0.3 is 24.2 Å². The molecule has 1 heterocycles. The molecule has 0 spiro atoms. The van der Waals surface area contributed by atoms with Gasteiger partial charge in [0.2, 0.25) is 0 Å². The Balaban J connectivity index is 0.987. The van der Waals surface area contributed by atoms with E-state index in [2.05, 4.69) is 315 Å². The predicted octanol–water partition coefficient (Wildman–Crippen LogP) is 18.2. The number of anilines is 11. The van der Waals surface area contributed by atoms with Gasteiger partial charge in [-0.05, 0) is 164 Å². The molecule has 1 unspecified atom stereocenters. The van der Waals surface area contributed by atoms with Crippen LogP contribution in [0.3, 0.4) is 0 Å². The van der Waals surface area contributed by atoms with Gasteiger partial charge in [0.05, 0.1) is 17.1 Å². The Morgan fingerprint density at radius 1 is 0.296 bits per heavy atom. The Morgan fingerprint density at radius 3 is 0.986 bits per heavy atom. The van der Waals surface area contributed by atoms with Crippen LogP contribution in [0.4, 0.5) is 62.6 Å². The first-order valence-corrected chi connectivity index (χ1v) is 24.4. The highest BCUT2D eigenvalue weighted by Gasteiger charge is 2.23. The van der Waals surface area contributed by atoms with Crippen LogP contribution in [0.5, 0.6) is 0 Å². The Labute approximate surface area is 416 Å². The molecule has 0 N–H and O–H groups in total. The van der Waals surface area contributed by atoms with Crippen LogP contribution in [0.1, 0.15) is 6.42 Å². The summed E-state index contributed by atoms with van der Waals surface area (Å²) < 4.78 is 2.40. The molecule has 0 aliphatic heterocycles. The zero-order chi connectivity index (χ0) is 47.3. The number of aromatic nitrogens is 1. The fourth-order valence-electron chi connectivity index (χ4n) is 10.2. The highest BCUT2D eigenvalue weighted by molar-refractivity contribution is 6.12. The lowest BCUT2D eigenvalue weighted by molar-refractivity contribution is 0.785. The number of fused-ring (bicyclic) bond motifs is 3. The van der Waals surface area contributed by atoms with Gasteiger partial charge >= 0.3 is 0 Å². The number of nitrogens with zero attached hydrogens (tertiary/aromatic N) is 5. The lowest BCUT2D eigenvalue weighted by Gasteiger charge is -2.33. The molecule has 1 aliphatic rings. The minimum atomic E-state index is 0.217. The third kappa shape index (κ3) is 8.51. The first-order chi connectivity index (χ1) is 35.2. The Morgan fingerprint density at radius 2 is 0.606 bits per heavy atom. The van der Waals surface area contributed by atoms with E-state index in [1.165, 1.54) is 5.69 Å². The summed E-state index contributed by atoms with van der Waals surface area (Å²) in [5.41, 5.74) is 15.5. The van der Waals surface area contributed by atoms with Crippen LogP contribution in [0.15, 0.2) is 291 Å². The molecule has 0 saturated heterocycles. The quantitative estimate of drug-likeness (QED) is 0.115. The van der Waals surface area contributed by atoms with Gasteiger partial charge in [-0.1, -0.05) is 133 Å². The largest absolute Gasteiger partial charge is 0.334 e. The Hall–Kier alpha value is -9.32. The van der Waals surface area contributed by atoms with E-state index in [0.717, 1.165) is 90.8 Å². The van der Waals surface area contributed by atoms with E-state index in [1.54, 1.807) is 0 Å². The first-order valence-electron chi connectivity index (χ1n) is 24.4. The fourth-order valence-corrected chi connectivity index (χ4v) is 10.2. The zero-order valence-electron chi connectivity index (χ0n) is 39.2. The van der Waals surface area contributed by atoms with Crippen molar-refractivity contribution in [3.63, 3.8) is 0 Å². The molecule has 12 rings (SSSR count). The summed E-state index contributed by atoms with van der Waals surface area (Å²) in [6, 6.07) is 96.0. The normalized spacial score (nSPS) is 13.0. The summed E-state index contributed by atoms with van der Waals surface area (Å²) in [7, 11) is 0. The number of rotatable bonds is 13. The molecule has 1 aliphatic carbocycles. The highest BCUT2D eigenvalue weighted by atomic mass is 15.2. The SMILES string of the molecule is C1=CCC(N(c2ccccc2)c2ccc(N(c3ccccc3)c3ccc4c(c3)c3cc(N(c5ccccc5)c5ccc(N(c6ccccc6)c6ccccc6)cc5)ccc3n4-c3ccccc3)cc2)C=C1. The maximum absolute atomic E-state index is 2.44. The molecule has 5 heteroatoms. The molecule has 5 nitrogen and oxygen atoms in total. The third-order valence-electron chi connectivity index (χ3n) is 13.4. The predicted molar refractivity (Wildman–Crippen MR) is 300 cm³/mol. The van der Waals surface area contributed by atoms with Crippen molar-refractivity contribution in [3.05, 3.63) is 291 Å². The number of para-hydroxylation sites is 6. The highest BCUT2D eigenvalue weighted by Crippen LogP contribution is 2.44. The minimum absolute atomic E-state index is 0.217. The number of hydrogen-bond acceptors (Lipinski definition) is 4. The van der Waals surface area contributed by atoms with Crippen molar-refractivity contribution < 1.29 is 0 Å². The molecule has 71 heavy (non-hydrogen) atoms. The molecule has 0 radical (unpaired) electrons. The fraction of sp³-hybridized carbons (Fsp3) is 0.0303. The van der Waals surface area contributed by atoms with Gasteiger partial charge in [0.25, 0.3) is 0 Å². The monoisotopic (exact) mass is 913 g/mol. The van der Waals surface area contributed by atoms with Crippen molar-refractivity contribution in [3.8, 4) is 5.69 Å². The minimum Gasteiger partial charge on any atom is -0.334 e. The van der Waals surface area contributed by atoms with Crippen LogP contribution in [0, 0.1) is 0 Å². The summed E-state index contributed by atoms with van der Waals surface area (Å²) in [6.07, 6.45) is 9.79. The summed E-state index contributed by atoms with van der Waals surface area (Å²) in [5.74, 6) is 0. The Kier molecular flexibility index (Phi) is 11.7. The van der Waals surface area contributed by atoms with Gasteiger partial charge in [-0.15, -0.1) is 0 Å². The summed E-state index contributed by atoms with van der Waals surface area (Å²) >= 11 is 0. The van der Waals surface area contributed by atoms with E-state index in [4.69, 9.17) is 0 Å². The topological polar surface area (TPSA) is 17.9 Å². The molecule has 0 bridgehead atoms. The van der Waals surface area contributed by atoms with Crippen molar-refractivity contribution in [2.75, 3.05) is 19.6 Å². The lowest BCUT2D eigenvalue weighted by Crippen LogP contribution is -2.29. The molecule has 1 aromatic heterocycles. The summed E-state index contributed by atoms with van der Waals surface area (Å²) in [6.45, 7) is 0. The van der Waals surface area contributed by atoms with Crippen LogP contribution in [0.25, 0.3) is 27.5 Å². The Bertz CT molecular complexity index is 3560. The van der Waals surface area contributed by atoms with Crippen molar-refractivity contribution in [1.82, 2.24) is 4.57 Å². The number of benzene rings is 10. The molecular formula is C66H51N5. The van der Waals surface area contributed by atoms with Gasteiger partial charge in [0.1, 0.15) is 0 Å². The first kappa shape index (κ1) is 43.0. The molecule has 0 amide bonds. The van der Waals surface area contributed by atoms with Crippen LogP contribution in [0.2, 0.25) is 0 Å². The second kappa shape index (κ2) is 19.4. The summed E-state index contributed by atoms with van der Waals surface area (Å²) in [5, 5.41) is 2.33. The van der Waals surface area contributed by atoms with E-state index >= 15 is 0 Å². The zero-order valence-corrected chi connectivity index (χ0v) is 39.2. The second-order valence-corrected chi connectivity index (χ2v) is 17.8. The third-order valence-corrected chi connectivity index (χ3v) is 13.4. The van der Waals surface area contributed by atoms with E-state index in [9.17, 15) is 0 Å². The van der Waals surface area contributed by atoms with Gasteiger partial charge in [-0.25, -0.2) is 0 Å². The average Bonchev–Trinajstić information content (AvgIpc) is 3.77. The van der Waals surface area contributed by atoms with Crippen molar-refractivity contribution in [1.29, 1.82) is 0 Å².